The maximum absolute atomic E-state index is 12.0. The fourth-order valence-corrected chi connectivity index (χ4v) is 2.91. The van der Waals surface area contributed by atoms with Gasteiger partial charge in [0.15, 0.2) is 0 Å². The topological polar surface area (TPSA) is 51.2 Å². The van der Waals surface area contributed by atoms with Crippen molar-refractivity contribution in [2.75, 3.05) is 11.9 Å². The minimum absolute atomic E-state index is 0.339. The molecule has 1 aromatic heterocycles. The van der Waals surface area contributed by atoms with Gasteiger partial charge in [0.25, 0.3) is 0 Å². The predicted molar refractivity (Wildman–Crippen MR) is 85.0 cm³/mol. The van der Waals surface area contributed by atoms with Crippen LogP contribution in [0.25, 0.3) is 0 Å². The molecule has 6 heteroatoms. The molecule has 106 valence electrons. The van der Waals surface area contributed by atoms with E-state index in [1.54, 1.807) is 6.92 Å². The number of anilines is 2. The second-order valence-corrected chi connectivity index (χ2v) is 5.97. The van der Waals surface area contributed by atoms with Crippen molar-refractivity contribution in [3.63, 3.8) is 0 Å². The van der Waals surface area contributed by atoms with Crippen molar-refractivity contribution < 1.29 is 9.53 Å². The lowest BCUT2D eigenvalue weighted by Crippen LogP contribution is -2.07. The van der Waals surface area contributed by atoms with E-state index in [0.717, 1.165) is 15.7 Å². The van der Waals surface area contributed by atoms with Crippen LogP contribution in [0.2, 0.25) is 0 Å². The minimum atomic E-state index is -0.339. The molecule has 2 aromatic rings. The van der Waals surface area contributed by atoms with Gasteiger partial charge in [0.2, 0.25) is 0 Å². The van der Waals surface area contributed by atoms with Gasteiger partial charge in [-0.1, -0.05) is 22.0 Å². The lowest BCUT2D eigenvalue weighted by atomic mass is 10.2. The third kappa shape index (κ3) is 3.19. The Balaban J connectivity index is 2.34. The van der Waals surface area contributed by atoms with Crippen LogP contribution in [0.4, 0.5) is 10.7 Å². The van der Waals surface area contributed by atoms with Crippen LogP contribution in [0.15, 0.2) is 22.7 Å². The standard InChI is InChI=1S/C14H15BrN2O2S/c1-4-19-14(18)12-9(3)17-20-13(12)16-11-7-10(15)6-5-8(11)2/h5-7,16H,4H2,1-3H3. The first-order valence-corrected chi connectivity index (χ1v) is 7.76. The highest BCUT2D eigenvalue weighted by atomic mass is 79.9. The highest BCUT2D eigenvalue weighted by Gasteiger charge is 2.20. The number of aromatic nitrogens is 1. The van der Waals surface area contributed by atoms with Crippen molar-refractivity contribution in [1.29, 1.82) is 0 Å². The summed E-state index contributed by atoms with van der Waals surface area (Å²) >= 11 is 4.71. The zero-order valence-corrected chi connectivity index (χ0v) is 13.9. The maximum atomic E-state index is 12.0. The molecule has 0 saturated heterocycles. The van der Waals surface area contributed by atoms with Crippen LogP contribution >= 0.6 is 27.5 Å². The molecule has 2 rings (SSSR count). The Hall–Kier alpha value is -1.40. The summed E-state index contributed by atoms with van der Waals surface area (Å²) in [6.45, 7) is 5.95. The van der Waals surface area contributed by atoms with Crippen LogP contribution in [0.3, 0.4) is 0 Å². The number of nitrogens with zero attached hydrogens (tertiary/aromatic N) is 1. The molecule has 1 N–H and O–H groups in total. The number of halogens is 1. The third-order valence-corrected chi connectivity index (χ3v) is 4.14. The SMILES string of the molecule is CCOC(=O)c1c(C)nsc1Nc1cc(Br)ccc1C. The lowest BCUT2D eigenvalue weighted by molar-refractivity contribution is 0.0527. The molecular formula is C14H15BrN2O2S. The van der Waals surface area contributed by atoms with Gasteiger partial charge in [-0.15, -0.1) is 0 Å². The first kappa shape index (κ1) is 15.0. The van der Waals surface area contributed by atoms with Crippen LogP contribution in [0, 0.1) is 13.8 Å². The number of esters is 1. The summed E-state index contributed by atoms with van der Waals surface area (Å²) in [6, 6.07) is 5.95. The molecule has 20 heavy (non-hydrogen) atoms. The largest absolute Gasteiger partial charge is 0.462 e. The molecule has 0 aliphatic heterocycles. The number of ether oxygens (including phenoxy) is 1. The van der Waals surface area contributed by atoms with E-state index in [1.807, 2.05) is 32.0 Å². The molecule has 0 spiro atoms. The number of benzene rings is 1. The molecule has 0 fully saturated rings. The van der Waals surface area contributed by atoms with Gasteiger partial charge in [0.05, 0.1) is 12.3 Å². The first-order valence-electron chi connectivity index (χ1n) is 6.19. The summed E-state index contributed by atoms with van der Waals surface area (Å²) in [5, 5.41) is 3.98. The molecule has 0 aliphatic rings. The van der Waals surface area contributed by atoms with Crippen molar-refractivity contribution in [1.82, 2.24) is 4.37 Å². The third-order valence-electron chi connectivity index (χ3n) is 2.79. The van der Waals surface area contributed by atoms with Crippen molar-refractivity contribution in [2.24, 2.45) is 0 Å². The highest BCUT2D eigenvalue weighted by molar-refractivity contribution is 9.10. The van der Waals surface area contributed by atoms with Crippen molar-refractivity contribution >= 4 is 44.1 Å². The van der Waals surface area contributed by atoms with E-state index in [1.165, 1.54) is 11.5 Å². The summed E-state index contributed by atoms with van der Waals surface area (Å²) in [6.07, 6.45) is 0. The van der Waals surface area contributed by atoms with Gasteiger partial charge < -0.3 is 10.1 Å². The molecular weight excluding hydrogens is 340 g/mol. The second-order valence-electron chi connectivity index (χ2n) is 4.28. The van der Waals surface area contributed by atoms with E-state index in [-0.39, 0.29) is 5.97 Å². The van der Waals surface area contributed by atoms with Crippen LogP contribution < -0.4 is 5.32 Å². The smallest absolute Gasteiger partial charge is 0.343 e. The normalized spacial score (nSPS) is 10.4. The Morgan fingerprint density at radius 2 is 2.20 bits per heavy atom. The van der Waals surface area contributed by atoms with Crippen molar-refractivity contribution in [2.45, 2.75) is 20.8 Å². The fraction of sp³-hybridized carbons (Fsp3) is 0.286. The van der Waals surface area contributed by atoms with Crippen LogP contribution in [0.1, 0.15) is 28.5 Å². The summed E-state index contributed by atoms with van der Waals surface area (Å²) < 4.78 is 10.3. The average Bonchev–Trinajstić information content (AvgIpc) is 2.75. The van der Waals surface area contributed by atoms with Gasteiger partial charge >= 0.3 is 5.97 Å². The first-order chi connectivity index (χ1) is 9.52. The molecule has 0 radical (unpaired) electrons. The lowest BCUT2D eigenvalue weighted by Gasteiger charge is -2.10. The summed E-state index contributed by atoms with van der Waals surface area (Å²) in [5.41, 5.74) is 3.22. The van der Waals surface area contributed by atoms with Gasteiger partial charge in [0, 0.05) is 10.2 Å². The molecule has 1 aromatic carbocycles. The van der Waals surface area contributed by atoms with Gasteiger partial charge in [-0.2, -0.15) is 4.37 Å². The van der Waals surface area contributed by atoms with Gasteiger partial charge in [-0.05, 0) is 50.0 Å². The minimum Gasteiger partial charge on any atom is -0.462 e. The molecule has 0 aliphatic carbocycles. The zero-order valence-electron chi connectivity index (χ0n) is 11.5. The number of nitrogens with one attached hydrogen (secondary N) is 1. The molecule has 1 heterocycles. The monoisotopic (exact) mass is 354 g/mol. The Morgan fingerprint density at radius 1 is 1.45 bits per heavy atom. The van der Waals surface area contributed by atoms with Gasteiger partial charge in [-0.25, -0.2) is 4.79 Å². The van der Waals surface area contributed by atoms with E-state index in [0.29, 0.717) is 22.9 Å². The van der Waals surface area contributed by atoms with Crippen LogP contribution in [-0.4, -0.2) is 16.9 Å². The quantitative estimate of drug-likeness (QED) is 0.824. The van der Waals surface area contributed by atoms with Gasteiger partial charge in [-0.3, -0.25) is 0 Å². The van der Waals surface area contributed by atoms with Crippen molar-refractivity contribution in [3.8, 4) is 0 Å². The van der Waals surface area contributed by atoms with Crippen molar-refractivity contribution in [3.05, 3.63) is 39.5 Å². The highest BCUT2D eigenvalue weighted by Crippen LogP contribution is 2.31. The number of hydrogen-bond donors (Lipinski definition) is 1. The Labute approximate surface area is 130 Å². The average molecular weight is 355 g/mol. The van der Waals surface area contributed by atoms with Gasteiger partial charge in [0.1, 0.15) is 10.6 Å². The molecule has 0 saturated carbocycles. The molecule has 0 amide bonds. The Kier molecular flexibility index (Phi) is 4.77. The predicted octanol–water partition coefficient (Wildman–Crippen LogP) is 4.44. The second kappa shape index (κ2) is 6.37. The molecule has 0 unspecified atom stereocenters. The van der Waals surface area contributed by atoms with E-state index in [2.05, 4.69) is 25.6 Å². The number of rotatable bonds is 4. The summed E-state index contributed by atoms with van der Waals surface area (Å²) in [4.78, 5) is 12.0. The molecule has 0 bridgehead atoms. The molecule has 0 atom stereocenters. The number of carbonyl (C=O) groups excluding carboxylic acids is 1. The Morgan fingerprint density at radius 3 is 2.90 bits per heavy atom. The van der Waals surface area contributed by atoms with E-state index in [4.69, 9.17) is 4.74 Å². The van der Waals surface area contributed by atoms with Crippen LogP contribution in [-0.2, 0) is 4.74 Å². The fourth-order valence-electron chi connectivity index (χ4n) is 1.75. The number of aryl methyl sites for hydroxylation is 2. The molecule has 4 nitrogen and oxygen atoms in total. The number of hydrogen-bond acceptors (Lipinski definition) is 5. The zero-order chi connectivity index (χ0) is 14.7. The van der Waals surface area contributed by atoms with E-state index >= 15 is 0 Å². The van der Waals surface area contributed by atoms with E-state index in [9.17, 15) is 4.79 Å². The van der Waals surface area contributed by atoms with E-state index < -0.39 is 0 Å². The summed E-state index contributed by atoms with van der Waals surface area (Å²) in [7, 11) is 0. The maximum Gasteiger partial charge on any atom is 0.343 e. The summed E-state index contributed by atoms with van der Waals surface area (Å²) in [5.74, 6) is -0.339. The van der Waals surface area contributed by atoms with Crippen LogP contribution in [0.5, 0.6) is 0 Å². The number of carbonyl (C=O) groups is 1. The Bertz CT molecular complexity index is 640.